The van der Waals surface area contributed by atoms with E-state index >= 15 is 0 Å². The zero-order valence-corrected chi connectivity index (χ0v) is 12.9. The van der Waals surface area contributed by atoms with Crippen molar-refractivity contribution in [2.75, 3.05) is 7.05 Å². The monoisotopic (exact) mass is 283 g/mol. The van der Waals surface area contributed by atoms with Crippen molar-refractivity contribution in [3.05, 3.63) is 35.4 Å². The second-order valence-electron chi connectivity index (χ2n) is 5.55. The van der Waals surface area contributed by atoms with Gasteiger partial charge in [0.1, 0.15) is 0 Å². The van der Waals surface area contributed by atoms with Crippen LogP contribution in [0.3, 0.4) is 0 Å². The molecule has 20 heavy (non-hydrogen) atoms. The number of halogens is 2. The predicted octanol–water partition coefficient (Wildman–Crippen LogP) is 4.70. The molecule has 0 heterocycles. The summed E-state index contributed by atoms with van der Waals surface area (Å²) in [6, 6.07) is 4.63. The number of likely N-dealkylation sites (N-methyl/N-ethyl adjacent to an activating group) is 1. The van der Waals surface area contributed by atoms with E-state index in [0.29, 0.717) is 17.9 Å². The van der Waals surface area contributed by atoms with E-state index in [0.717, 1.165) is 12.8 Å². The lowest BCUT2D eigenvalue weighted by molar-refractivity contribution is 0.355. The summed E-state index contributed by atoms with van der Waals surface area (Å²) < 4.78 is 27.0. The highest BCUT2D eigenvalue weighted by molar-refractivity contribution is 5.20. The van der Waals surface area contributed by atoms with Crippen molar-refractivity contribution in [1.29, 1.82) is 0 Å². The van der Waals surface area contributed by atoms with Gasteiger partial charge in [-0.25, -0.2) is 8.78 Å². The highest BCUT2D eigenvalue weighted by Gasteiger charge is 2.17. The number of hydrogen-bond donors (Lipinski definition) is 1. The molecule has 1 N–H and O–H groups in total. The quantitative estimate of drug-likeness (QED) is 0.692. The van der Waals surface area contributed by atoms with Gasteiger partial charge in [-0.2, -0.15) is 0 Å². The molecule has 0 bridgehead atoms. The van der Waals surface area contributed by atoms with Gasteiger partial charge in [-0.3, -0.25) is 0 Å². The van der Waals surface area contributed by atoms with Gasteiger partial charge in [-0.15, -0.1) is 0 Å². The Morgan fingerprint density at radius 2 is 1.95 bits per heavy atom. The lowest BCUT2D eigenvalue weighted by Crippen LogP contribution is -2.30. The van der Waals surface area contributed by atoms with Crippen LogP contribution < -0.4 is 5.32 Å². The van der Waals surface area contributed by atoms with Crippen molar-refractivity contribution in [2.45, 2.75) is 58.4 Å². The largest absolute Gasteiger partial charge is 0.317 e. The van der Waals surface area contributed by atoms with Gasteiger partial charge in [-0.05, 0) is 37.4 Å². The third kappa shape index (κ3) is 5.20. The fourth-order valence-corrected chi connectivity index (χ4v) is 2.66. The van der Waals surface area contributed by atoms with Crippen molar-refractivity contribution in [3.8, 4) is 0 Å². The zero-order chi connectivity index (χ0) is 15.0. The number of benzene rings is 1. The Morgan fingerprint density at radius 3 is 2.55 bits per heavy atom. The molecule has 2 unspecified atom stereocenters. The minimum absolute atomic E-state index is 0.202. The Hall–Kier alpha value is -0.960. The molecule has 3 heteroatoms. The van der Waals surface area contributed by atoms with Crippen molar-refractivity contribution >= 4 is 0 Å². The molecule has 0 fully saturated rings. The Kier molecular flexibility index (Phi) is 7.75. The van der Waals surface area contributed by atoms with Gasteiger partial charge in [-0.1, -0.05) is 51.7 Å². The molecule has 0 aliphatic rings. The van der Waals surface area contributed by atoms with Crippen LogP contribution >= 0.6 is 0 Å². The van der Waals surface area contributed by atoms with Gasteiger partial charge in [0, 0.05) is 6.04 Å². The lowest BCUT2D eigenvalue weighted by atomic mass is 9.89. The molecule has 0 aliphatic carbocycles. The molecule has 1 aromatic rings. The third-order valence-electron chi connectivity index (χ3n) is 4.07. The molecule has 0 spiro atoms. The Bertz CT molecular complexity index is 393. The van der Waals surface area contributed by atoms with E-state index < -0.39 is 11.6 Å². The second kappa shape index (κ2) is 9.06. The van der Waals surface area contributed by atoms with Gasteiger partial charge in [0.2, 0.25) is 0 Å². The van der Waals surface area contributed by atoms with Crippen LogP contribution in [0, 0.1) is 17.6 Å². The van der Waals surface area contributed by atoms with E-state index in [1.54, 1.807) is 12.1 Å². The SMILES string of the molecule is CCCCC(CC)CC(Cc1cccc(F)c1F)NC. The molecule has 1 aromatic carbocycles. The first-order chi connectivity index (χ1) is 9.62. The van der Waals surface area contributed by atoms with E-state index in [1.807, 2.05) is 7.05 Å². The summed E-state index contributed by atoms with van der Waals surface area (Å²) in [5, 5.41) is 3.25. The summed E-state index contributed by atoms with van der Waals surface area (Å²) >= 11 is 0. The third-order valence-corrected chi connectivity index (χ3v) is 4.07. The zero-order valence-electron chi connectivity index (χ0n) is 12.9. The summed E-state index contributed by atoms with van der Waals surface area (Å²) in [6.07, 6.45) is 6.37. The smallest absolute Gasteiger partial charge is 0.162 e. The van der Waals surface area contributed by atoms with Gasteiger partial charge < -0.3 is 5.32 Å². The average Bonchev–Trinajstić information content (AvgIpc) is 2.46. The number of nitrogens with one attached hydrogen (secondary N) is 1. The van der Waals surface area contributed by atoms with Crippen LogP contribution in [0.15, 0.2) is 18.2 Å². The summed E-state index contributed by atoms with van der Waals surface area (Å²) in [5.74, 6) is -0.797. The first kappa shape index (κ1) is 17.1. The highest BCUT2D eigenvalue weighted by Crippen LogP contribution is 2.21. The van der Waals surface area contributed by atoms with Crippen LogP contribution in [0.1, 0.15) is 51.5 Å². The molecule has 0 aliphatic heterocycles. The Labute approximate surface area is 121 Å². The molecule has 0 aromatic heterocycles. The molecular weight excluding hydrogens is 256 g/mol. The molecule has 114 valence electrons. The maximum Gasteiger partial charge on any atom is 0.162 e. The molecular formula is C17H27F2N. The van der Waals surface area contributed by atoms with Crippen molar-refractivity contribution in [2.24, 2.45) is 5.92 Å². The predicted molar refractivity (Wildman–Crippen MR) is 80.8 cm³/mol. The van der Waals surface area contributed by atoms with Gasteiger partial charge in [0.05, 0.1) is 0 Å². The molecule has 1 rings (SSSR count). The van der Waals surface area contributed by atoms with E-state index in [2.05, 4.69) is 19.2 Å². The molecule has 2 atom stereocenters. The van der Waals surface area contributed by atoms with Crippen LogP contribution in [0.25, 0.3) is 0 Å². The topological polar surface area (TPSA) is 12.0 Å². The maximum absolute atomic E-state index is 13.7. The maximum atomic E-state index is 13.7. The van der Waals surface area contributed by atoms with E-state index in [9.17, 15) is 8.78 Å². The summed E-state index contributed by atoms with van der Waals surface area (Å²) in [7, 11) is 1.90. The van der Waals surface area contributed by atoms with Gasteiger partial charge in [0.25, 0.3) is 0 Å². The fourth-order valence-electron chi connectivity index (χ4n) is 2.66. The van der Waals surface area contributed by atoms with Crippen molar-refractivity contribution in [3.63, 3.8) is 0 Å². The molecule has 0 saturated carbocycles. The van der Waals surface area contributed by atoms with Crippen LogP contribution in [-0.2, 0) is 6.42 Å². The van der Waals surface area contributed by atoms with Crippen LogP contribution in [0.5, 0.6) is 0 Å². The average molecular weight is 283 g/mol. The van der Waals surface area contributed by atoms with E-state index in [4.69, 9.17) is 0 Å². The Balaban J connectivity index is 2.64. The molecule has 0 amide bonds. The molecule has 0 saturated heterocycles. The first-order valence-corrected chi connectivity index (χ1v) is 7.72. The first-order valence-electron chi connectivity index (χ1n) is 7.72. The lowest BCUT2D eigenvalue weighted by Gasteiger charge is -2.22. The number of hydrogen-bond acceptors (Lipinski definition) is 1. The second-order valence-corrected chi connectivity index (χ2v) is 5.55. The van der Waals surface area contributed by atoms with Crippen LogP contribution in [0.2, 0.25) is 0 Å². The van der Waals surface area contributed by atoms with Crippen LogP contribution in [-0.4, -0.2) is 13.1 Å². The normalized spacial score (nSPS) is 14.2. The van der Waals surface area contributed by atoms with Gasteiger partial charge >= 0.3 is 0 Å². The van der Waals surface area contributed by atoms with Gasteiger partial charge in [0.15, 0.2) is 11.6 Å². The standard InChI is InChI=1S/C17H27F2N/c1-4-6-8-13(5-2)11-15(20-3)12-14-9-7-10-16(18)17(14)19/h7,9-10,13,15,20H,4-6,8,11-12H2,1-3H3. The Morgan fingerprint density at radius 1 is 1.20 bits per heavy atom. The summed E-state index contributed by atoms with van der Waals surface area (Å²) in [6.45, 7) is 4.40. The van der Waals surface area contributed by atoms with E-state index in [1.165, 1.54) is 25.3 Å². The molecule has 0 radical (unpaired) electrons. The summed E-state index contributed by atoms with van der Waals surface area (Å²) in [5.41, 5.74) is 0.467. The van der Waals surface area contributed by atoms with E-state index in [-0.39, 0.29) is 6.04 Å². The highest BCUT2D eigenvalue weighted by atomic mass is 19.2. The fraction of sp³-hybridized carbons (Fsp3) is 0.647. The minimum atomic E-state index is -0.754. The molecule has 1 nitrogen and oxygen atoms in total. The van der Waals surface area contributed by atoms with Crippen molar-refractivity contribution in [1.82, 2.24) is 5.32 Å². The minimum Gasteiger partial charge on any atom is -0.317 e. The van der Waals surface area contributed by atoms with Crippen molar-refractivity contribution < 1.29 is 8.78 Å². The number of rotatable bonds is 9. The van der Waals surface area contributed by atoms with Crippen LogP contribution in [0.4, 0.5) is 8.78 Å². The summed E-state index contributed by atoms with van der Waals surface area (Å²) in [4.78, 5) is 0. The number of unbranched alkanes of at least 4 members (excludes halogenated alkanes) is 1.